The molecule has 4 nitrogen and oxygen atoms in total. The van der Waals surface area contributed by atoms with E-state index in [1.54, 1.807) is 0 Å². The summed E-state index contributed by atoms with van der Waals surface area (Å²) >= 11 is 3.50. The lowest BCUT2D eigenvalue weighted by molar-refractivity contribution is 0.0563. The molecule has 0 radical (unpaired) electrons. The summed E-state index contributed by atoms with van der Waals surface area (Å²) < 4.78 is 3.03. The van der Waals surface area contributed by atoms with E-state index in [4.69, 9.17) is 0 Å². The summed E-state index contributed by atoms with van der Waals surface area (Å²) in [5.74, 6) is 0.154. The van der Waals surface area contributed by atoms with Gasteiger partial charge in [-0.05, 0) is 48.7 Å². The molecular formula is C16H26BrN3O. The monoisotopic (exact) mass is 355 g/mol. The zero-order valence-corrected chi connectivity index (χ0v) is 15.0. The molecule has 118 valence electrons. The van der Waals surface area contributed by atoms with Crippen LogP contribution in [0.25, 0.3) is 0 Å². The summed E-state index contributed by atoms with van der Waals surface area (Å²) in [6, 6.07) is 2.91. The van der Waals surface area contributed by atoms with Crippen LogP contribution in [-0.4, -0.2) is 40.5 Å². The summed E-state index contributed by atoms with van der Waals surface area (Å²) in [5, 5.41) is 3.54. The van der Waals surface area contributed by atoms with Crippen molar-refractivity contribution < 1.29 is 4.79 Å². The summed E-state index contributed by atoms with van der Waals surface area (Å²) in [6.45, 7) is 10.2. The lowest BCUT2D eigenvalue weighted by Gasteiger charge is -2.40. The topological polar surface area (TPSA) is 37.3 Å². The van der Waals surface area contributed by atoms with E-state index in [1.807, 2.05) is 12.3 Å². The van der Waals surface area contributed by atoms with Crippen molar-refractivity contribution in [3.63, 3.8) is 0 Å². The molecule has 2 rings (SSSR count). The zero-order valence-electron chi connectivity index (χ0n) is 13.4. The average molecular weight is 356 g/mol. The predicted molar refractivity (Wildman–Crippen MR) is 89.7 cm³/mol. The number of nitrogens with one attached hydrogen (secondary N) is 1. The van der Waals surface area contributed by atoms with Gasteiger partial charge in [-0.25, -0.2) is 0 Å². The van der Waals surface area contributed by atoms with Crippen LogP contribution in [0.3, 0.4) is 0 Å². The van der Waals surface area contributed by atoms with Crippen molar-refractivity contribution >= 4 is 21.8 Å². The van der Waals surface area contributed by atoms with Crippen LogP contribution in [-0.2, 0) is 0 Å². The van der Waals surface area contributed by atoms with Crippen molar-refractivity contribution in [2.24, 2.45) is 0 Å². The van der Waals surface area contributed by atoms with Gasteiger partial charge in [-0.3, -0.25) is 4.79 Å². The Labute approximate surface area is 136 Å². The number of amides is 1. The SMILES string of the molecule is CCC1CN(C(=O)c2cc(Br)cn2C(C)C)C(CC)CN1. The molecule has 1 amide bonds. The van der Waals surface area contributed by atoms with Gasteiger partial charge in [0.2, 0.25) is 0 Å². The summed E-state index contributed by atoms with van der Waals surface area (Å²) in [4.78, 5) is 15.1. The van der Waals surface area contributed by atoms with Crippen LogP contribution in [0.5, 0.6) is 0 Å². The Morgan fingerprint density at radius 1 is 1.43 bits per heavy atom. The Morgan fingerprint density at radius 3 is 2.71 bits per heavy atom. The number of hydrogen-bond donors (Lipinski definition) is 1. The van der Waals surface area contributed by atoms with Gasteiger partial charge in [0.15, 0.2) is 0 Å². The van der Waals surface area contributed by atoms with E-state index >= 15 is 0 Å². The third kappa shape index (κ3) is 3.51. The highest BCUT2D eigenvalue weighted by atomic mass is 79.9. The normalized spacial score (nSPS) is 22.9. The Balaban J connectivity index is 2.28. The highest BCUT2D eigenvalue weighted by molar-refractivity contribution is 9.10. The fraction of sp³-hybridized carbons (Fsp3) is 0.688. The number of carbonyl (C=O) groups excluding carboxylic acids is 1. The van der Waals surface area contributed by atoms with E-state index in [2.05, 4.69) is 58.4 Å². The van der Waals surface area contributed by atoms with E-state index in [0.717, 1.165) is 36.1 Å². The quantitative estimate of drug-likeness (QED) is 0.898. The van der Waals surface area contributed by atoms with E-state index in [1.165, 1.54) is 0 Å². The molecule has 21 heavy (non-hydrogen) atoms. The lowest BCUT2D eigenvalue weighted by Crippen LogP contribution is -2.58. The van der Waals surface area contributed by atoms with Crippen LogP contribution in [0.15, 0.2) is 16.7 Å². The number of rotatable bonds is 4. The van der Waals surface area contributed by atoms with Crippen LogP contribution in [0, 0.1) is 0 Å². The third-order valence-corrected chi connectivity index (χ3v) is 4.75. The van der Waals surface area contributed by atoms with Gasteiger partial charge in [0, 0.05) is 41.9 Å². The number of nitrogens with zero attached hydrogens (tertiary/aromatic N) is 2. The van der Waals surface area contributed by atoms with Gasteiger partial charge in [-0.2, -0.15) is 0 Å². The third-order valence-electron chi connectivity index (χ3n) is 4.32. The second-order valence-corrected chi connectivity index (χ2v) is 6.99. The largest absolute Gasteiger partial charge is 0.340 e. The molecule has 2 unspecified atom stereocenters. The van der Waals surface area contributed by atoms with Crippen LogP contribution >= 0.6 is 15.9 Å². The second kappa shape index (κ2) is 6.97. The zero-order chi connectivity index (χ0) is 15.6. The van der Waals surface area contributed by atoms with Crippen molar-refractivity contribution in [3.05, 3.63) is 22.4 Å². The van der Waals surface area contributed by atoms with E-state index in [-0.39, 0.29) is 18.0 Å². The van der Waals surface area contributed by atoms with Crippen LogP contribution < -0.4 is 5.32 Å². The molecule has 0 saturated carbocycles. The fourth-order valence-electron chi connectivity index (χ4n) is 2.94. The molecule has 1 aliphatic rings. The van der Waals surface area contributed by atoms with Crippen molar-refractivity contribution in [1.82, 2.24) is 14.8 Å². The van der Waals surface area contributed by atoms with Crippen molar-refractivity contribution in [2.75, 3.05) is 13.1 Å². The summed E-state index contributed by atoms with van der Waals surface area (Å²) in [5.41, 5.74) is 0.784. The fourth-order valence-corrected chi connectivity index (χ4v) is 3.38. The average Bonchev–Trinajstić information content (AvgIpc) is 2.88. The van der Waals surface area contributed by atoms with Gasteiger partial charge in [0.25, 0.3) is 5.91 Å². The molecule has 1 aromatic heterocycles. The molecule has 2 atom stereocenters. The van der Waals surface area contributed by atoms with Crippen LogP contribution in [0.1, 0.15) is 57.1 Å². The number of halogens is 1. The van der Waals surface area contributed by atoms with Gasteiger partial charge in [-0.15, -0.1) is 0 Å². The first kappa shape index (κ1) is 16.6. The molecule has 0 aromatic carbocycles. The first-order valence-electron chi connectivity index (χ1n) is 7.89. The van der Waals surface area contributed by atoms with Gasteiger partial charge < -0.3 is 14.8 Å². The van der Waals surface area contributed by atoms with Gasteiger partial charge >= 0.3 is 0 Å². The smallest absolute Gasteiger partial charge is 0.270 e. The second-order valence-electron chi connectivity index (χ2n) is 6.08. The van der Waals surface area contributed by atoms with Crippen molar-refractivity contribution in [2.45, 2.75) is 58.7 Å². The number of hydrogen-bond acceptors (Lipinski definition) is 2. The predicted octanol–water partition coefficient (Wildman–Crippen LogP) is 3.43. The van der Waals surface area contributed by atoms with Gasteiger partial charge in [0.05, 0.1) is 0 Å². The Hall–Kier alpha value is -0.810. The number of carbonyl (C=O) groups is 1. The molecule has 0 aliphatic carbocycles. The molecule has 0 spiro atoms. The molecule has 0 bridgehead atoms. The Kier molecular flexibility index (Phi) is 5.49. The molecule has 1 aliphatic heterocycles. The van der Waals surface area contributed by atoms with Gasteiger partial charge in [0.1, 0.15) is 5.69 Å². The first-order chi connectivity index (χ1) is 9.97. The first-order valence-corrected chi connectivity index (χ1v) is 8.68. The summed E-state index contributed by atoms with van der Waals surface area (Å²) in [6.07, 6.45) is 4.03. The van der Waals surface area contributed by atoms with E-state index in [0.29, 0.717) is 6.04 Å². The molecule has 1 saturated heterocycles. The highest BCUT2D eigenvalue weighted by Gasteiger charge is 2.31. The highest BCUT2D eigenvalue weighted by Crippen LogP contribution is 2.23. The maximum atomic E-state index is 13.0. The van der Waals surface area contributed by atoms with Crippen molar-refractivity contribution in [1.29, 1.82) is 0 Å². The molecule has 2 heterocycles. The minimum Gasteiger partial charge on any atom is -0.340 e. The standard InChI is InChI=1S/C16H26BrN3O/c1-5-13-10-20(14(6-2)8-18-13)16(21)15-7-12(17)9-19(15)11(3)4/h7,9,11,13-14,18H,5-6,8,10H2,1-4H3. The molecule has 1 aromatic rings. The number of piperazine rings is 1. The Bertz CT molecular complexity index is 498. The minimum atomic E-state index is 0.154. The van der Waals surface area contributed by atoms with E-state index < -0.39 is 0 Å². The Morgan fingerprint density at radius 2 is 2.14 bits per heavy atom. The molecule has 1 fully saturated rings. The maximum absolute atomic E-state index is 13.0. The summed E-state index contributed by atoms with van der Waals surface area (Å²) in [7, 11) is 0. The molecular weight excluding hydrogens is 330 g/mol. The minimum absolute atomic E-state index is 0.154. The van der Waals surface area contributed by atoms with Crippen molar-refractivity contribution in [3.8, 4) is 0 Å². The maximum Gasteiger partial charge on any atom is 0.270 e. The van der Waals surface area contributed by atoms with Crippen LogP contribution in [0.2, 0.25) is 0 Å². The number of aromatic nitrogens is 1. The van der Waals surface area contributed by atoms with E-state index in [9.17, 15) is 4.79 Å². The molecule has 1 N–H and O–H groups in total. The molecule has 5 heteroatoms. The van der Waals surface area contributed by atoms with Crippen LogP contribution in [0.4, 0.5) is 0 Å². The lowest BCUT2D eigenvalue weighted by atomic mass is 10.0. The van der Waals surface area contributed by atoms with Gasteiger partial charge in [-0.1, -0.05) is 13.8 Å².